The van der Waals surface area contributed by atoms with Crippen molar-refractivity contribution < 1.29 is 23.8 Å². The van der Waals surface area contributed by atoms with Crippen molar-refractivity contribution >= 4 is 35.9 Å². The van der Waals surface area contributed by atoms with Crippen LogP contribution < -0.4 is 20.9 Å². The highest BCUT2D eigenvalue weighted by Crippen LogP contribution is 2.36. The Morgan fingerprint density at radius 3 is 2.67 bits per heavy atom. The van der Waals surface area contributed by atoms with Crippen molar-refractivity contribution in [1.29, 1.82) is 0 Å². The molecule has 4 rings (SSSR count). The maximum Gasteiger partial charge on any atom is 0.330 e. The van der Waals surface area contributed by atoms with Crippen molar-refractivity contribution in [3.8, 4) is 11.5 Å². The summed E-state index contributed by atoms with van der Waals surface area (Å²) in [5.41, 5.74) is 15.7. The van der Waals surface area contributed by atoms with E-state index >= 15 is 0 Å². The Hall–Kier alpha value is -5.45. The van der Waals surface area contributed by atoms with Crippen molar-refractivity contribution in [2.24, 2.45) is 5.10 Å². The molecule has 11 heteroatoms. The summed E-state index contributed by atoms with van der Waals surface area (Å²) in [6.07, 6.45) is 12.4. The van der Waals surface area contributed by atoms with Crippen LogP contribution in [0.5, 0.6) is 11.5 Å². The second-order valence-corrected chi connectivity index (χ2v) is 9.54. The lowest BCUT2D eigenvalue weighted by molar-refractivity contribution is -0.136. The van der Waals surface area contributed by atoms with Crippen molar-refractivity contribution in [3.05, 3.63) is 101 Å². The number of esters is 1. The molecule has 2 aromatic carbocycles. The number of anilines is 2. The van der Waals surface area contributed by atoms with Gasteiger partial charge in [0.1, 0.15) is 12.4 Å². The quantitative estimate of drug-likeness (QED) is 0.181. The van der Waals surface area contributed by atoms with Crippen LogP contribution in [0.1, 0.15) is 46.7 Å². The fraction of sp³-hybridized carbons (Fsp3) is 0.219. The molecule has 0 bridgehead atoms. The minimum Gasteiger partial charge on any atom is -0.493 e. The van der Waals surface area contributed by atoms with E-state index in [2.05, 4.69) is 21.6 Å². The first-order chi connectivity index (χ1) is 20.8. The van der Waals surface area contributed by atoms with E-state index in [0.29, 0.717) is 41.9 Å². The number of hydrazone groups is 1. The van der Waals surface area contributed by atoms with Crippen LogP contribution in [0, 0.1) is 0 Å². The first-order valence-corrected chi connectivity index (χ1v) is 13.5. The van der Waals surface area contributed by atoms with Gasteiger partial charge in [0.2, 0.25) is 5.95 Å². The van der Waals surface area contributed by atoms with Crippen LogP contribution in [0.15, 0.2) is 78.6 Å². The number of allylic oxidation sites excluding steroid dienone is 1. The van der Waals surface area contributed by atoms with Crippen molar-refractivity contribution in [2.75, 3.05) is 32.3 Å². The summed E-state index contributed by atoms with van der Waals surface area (Å²) in [6.45, 7) is 3.68. The zero-order chi connectivity index (χ0) is 30.8. The molecule has 1 unspecified atom stereocenters. The fourth-order valence-corrected chi connectivity index (χ4v) is 4.69. The maximum atomic E-state index is 13.6. The van der Waals surface area contributed by atoms with Gasteiger partial charge in [-0.1, -0.05) is 43.0 Å². The van der Waals surface area contributed by atoms with Gasteiger partial charge in [0, 0.05) is 35.9 Å². The van der Waals surface area contributed by atoms with Gasteiger partial charge in [-0.3, -0.25) is 4.79 Å². The molecular formula is C32H34N6O5. The van der Waals surface area contributed by atoms with Gasteiger partial charge in [0.15, 0.2) is 11.5 Å². The number of nitrogens with zero attached hydrogens (tertiary/aromatic N) is 4. The Bertz CT molecular complexity index is 1580. The molecule has 222 valence electrons. The lowest BCUT2D eigenvalue weighted by Gasteiger charge is -2.31. The second kappa shape index (κ2) is 14.4. The predicted molar refractivity (Wildman–Crippen MR) is 165 cm³/mol. The number of nitrogen functional groups attached to an aromatic ring is 2. The summed E-state index contributed by atoms with van der Waals surface area (Å²) in [4.78, 5) is 33.4. The minimum absolute atomic E-state index is 0.0963. The Kier molecular flexibility index (Phi) is 10.2. The molecule has 1 amide bonds. The van der Waals surface area contributed by atoms with Crippen molar-refractivity contribution in [2.45, 2.75) is 25.3 Å². The third kappa shape index (κ3) is 7.64. The Morgan fingerprint density at radius 1 is 1.12 bits per heavy atom. The molecule has 0 aliphatic carbocycles. The summed E-state index contributed by atoms with van der Waals surface area (Å²) in [5, 5.41) is 5.92. The van der Waals surface area contributed by atoms with Gasteiger partial charge in [-0.25, -0.2) is 14.8 Å². The van der Waals surface area contributed by atoms with E-state index < -0.39 is 5.97 Å². The van der Waals surface area contributed by atoms with E-state index in [1.54, 1.807) is 31.7 Å². The van der Waals surface area contributed by atoms with Gasteiger partial charge in [-0.05, 0) is 47.7 Å². The number of aromatic nitrogens is 2. The predicted octanol–water partition coefficient (Wildman–Crippen LogP) is 4.25. The molecule has 0 radical (unpaired) electrons. The third-order valence-corrected chi connectivity index (χ3v) is 6.69. The standard InChI is InChI=1S/C32H34N6O5/c1-4-15-43-29(40)12-8-7-11-26-25-10-6-5-9-23(25)20-36-38(26)28(39)14-13-22-16-21(18-27(41-2)30(22)42-3)17-24-19-35-32(34)37-31(24)33/h4-6,8-10,12-14,16,18-20,26H,1,7,11,15,17H2,2-3H3,(H4,33,34,35,37)/b12-8+,14-13+. The van der Waals surface area contributed by atoms with Crippen LogP contribution in [0.4, 0.5) is 11.8 Å². The molecule has 1 aliphatic rings. The average Bonchev–Trinajstić information content (AvgIpc) is 3.01. The molecule has 11 nitrogen and oxygen atoms in total. The second-order valence-electron chi connectivity index (χ2n) is 9.54. The number of amides is 1. The number of nitrogens with two attached hydrogens (primary N) is 2. The normalized spacial score (nSPS) is 14.1. The van der Waals surface area contributed by atoms with E-state index in [-0.39, 0.29) is 30.3 Å². The van der Waals surface area contributed by atoms with Crippen LogP contribution in [0.25, 0.3) is 6.08 Å². The van der Waals surface area contributed by atoms with Crippen molar-refractivity contribution in [1.82, 2.24) is 15.0 Å². The number of hydrogen-bond acceptors (Lipinski definition) is 10. The molecule has 0 saturated carbocycles. The Labute approximate surface area is 250 Å². The van der Waals surface area contributed by atoms with E-state index in [0.717, 1.165) is 16.7 Å². The van der Waals surface area contributed by atoms with Gasteiger partial charge >= 0.3 is 5.97 Å². The average molecular weight is 583 g/mol. The number of carbonyl (C=O) groups is 2. The lowest BCUT2D eigenvalue weighted by atomic mass is 9.95. The maximum absolute atomic E-state index is 13.6. The smallest absolute Gasteiger partial charge is 0.330 e. The largest absolute Gasteiger partial charge is 0.493 e. The third-order valence-electron chi connectivity index (χ3n) is 6.69. The molecule has 2 heterocycles. The molecule has 3 aromatic rings. The van der Waals surface area contributed by atoms with Crippen LogP contribution >= 0.6 is 0 Å². The SMILES string of the molecule is C=CCOC(=O)/C=C/CCC1c2ccccc2C=NN1C(=O)/C=C/c1cc(Cc2cnc(N)nc2N)cc(OC)c1OC. The molecular weight excluding hydrogens is 548 g/mol. The number of methoxy groups -OCH3 is 2. The fourth-order valence-electron chi connectivity index (χ4n) is 4.69. The molecule has 43 heavy (non-hydrogen) atoms. The van der Waals surface area contributed by atoms with E-state index in [9.17, 15) is 9.59 Å². The molecule has 4 N–H and O–H groups in total. The lowest BCUT2D eigenvalue weighted by Crippen LogP contribution is -2.32. The van der Waals surface area contributed by atoms with Crippen LogP contribution in [0.3, 0.4) is 0 Å². The number of benzene rings is 2. The topological polar surface area (TPSA) is 155 Å². The zero-order valence-corrected chi connectivity index (χ0v) is 24.1. The van der Waals surface area contributed by atoms with Crippen molar-refractivity contribution in [3.63, 3.8) is 0 Å². The van der Waals surface area contributed by atoms with Gasteiger partial charge < -0.3 is 25.7 Å². The van der Waals surface area contributed by atoms with E-state index in [1.165, 1.54) is 30.3 Å². The summed E-state index contributed by atoms with van der Waals surface area (Å²) < 4.78 is 16.2. The van der Waals surface area contributed by atoms with E-state index in [4.69, 9.17) is 25.7 Å². The molecule has 0 spiro atoms. The zero-order valence-electron chi connectivity index (χ0n) is 24.1. The summed E-state index contributed by atoms with van der Waals surface area (Å²) in [5.74, 6) is 0.563. The molecule has 0 saturated heterocycles. The monoisotopic (exact) mass is 582 g/mol. The van der Waals surface area contributed by atoms with Gasteiger partial charge in [0.05, 0.1) is 26.5 Å². The van der Waals surface area contributed by atoms with E-state index in [1.807, 2.05) is 36.4 Å². The summed E-state index contributed by atoms with van der Waals surface area (Å²) >= 11 is 0. The molecule has 1 aliphatic heterocycles. The Balaban J connectivity index is 1.58. The Morgan fingerprint density at radius 2 is 1.93 bits per heavy atom. The van der Waals surface area contributed by atoms with Gasteiger partial charge in [-0.2, -0.15) is 10.1 Å². The van der Waals surface area contributed by atoms with Crippen LogP contribution in [0.2, 0.25) is 0 Å². The highest BCUT2D eigenvalue weighted by atomic mass is 16.5. The first-order valence-electron chi connectivity index (χ1n) is 13.5. The van der Waals surface area contributed by atoms with Gasteiger partial charge in [-0.15, -0.1) is 0 Å². The number of hydrogen-bond donors (Lipinski definition) is 2. The molecule has 1 atom stereocenters. The molecule has 1 aromatic heterocycles. The number of rotatable bonds is 12. The molecule has 0 fully saturated rings. The van der Waals surface area contributed by atoms with Gasteiger partial charge in [0.25, 0.3) is 5.91 Å². The number of ether oxygens (including phenoxy) is 3. The van der Waals surface area contributed by atoms with Crippen LogP contribution in [-0.2, 0) is 20.7 Å². The number of fused-ring (bicyclic) bond motifs is 1. The minimum atomic E-state index is -0.448. The highest BCUT2D eigenvalue weighted by molar-refractivity contribution is 5.95. The summed E-state index contributed by atoms with van der Waals surface area (Å²) in [7, 11) is 3.07. The summed E-state index contributed by atoms with van der Waals surface area (Å²) in [6, 6.07) is 11.1. The number of carbonyl (C=O) groups excluding carboxylic acids is 2. The van der Waals surface area contributed by atoms with Crippen LogP contribution in [-0.4, -0.2) is 53.9 Å². The highest BCUT2D eigenvalue weighted by Gasteiger charge is 2.28. The first kappa shape index (κ1) is 30.5.